The van der Waals surface area contributed by atoms with E-state index in [-0.39, 0.29) is 17.1 Å². The molecule has 0 fully saturated rings. The maximum Gasteiger partial charge on any atom is 0.354 e. The first-order chi connectivity index (χ1) is 20.2. The van der Waals surface area contributed by atoms with Gasteiger partial charge in [0.15, 0.2) is 5.82 Å². The number of halogens is 2. The van der Waals surface area contributed by atoms with Crippen LogP contribution in [0.5, 0.6) is 0 Å². The lowest BCUT2D eigenvalue weighted by atomic mass is 10.0. The van der Waals surface area contributed by atoms with Crippen molar-refractivity contribution in [1.29, 1.82) is 0 Å². The van der Waals surface area contributed by atoms with E-state index in [1.165, 1.54) is 4.57 Å². The lowest BCUT2D eigenvalue weighted by Crippen LogP contribution is -2.31. The second-order valence-corrected chi connectivity index (χ2v) is 11.1. The van der Waals surface area contributed by atoms with E-state index in [0.29, 0.717) is 40.4 Å². The van der Waals surface area contributed by atoms with Gasteiger partial charge in [-0.1, -0.05) is 23.7 Å². The highest BCUT2D eigenvalue weighted by molar-refractivity contribution is 6.31. The summed E-state index contributed by atoms with van der Waals surface area (Å²) in [5.41, 5.74) is 15.0. The summed E-state index contributed by atoms with van der Waals surface area (Å²) in [6, 6.07) is 13.2. The Morgan fingerprint density at radius 3 is 2.67 bits per heavy atom. The number of aryl methyl sites for hydroxylation is 1. The minimum Gasteiger partial charge on any atom is -0.388 e. The number of benzene rings is 2. The van der Waals surface area contributed by atoms with Crippen LogP contribution in [0.3, 0.4) is 0 Å². The first-order valence-corrected chi connectivity index (χ1v) is 14.6. The molecule has 7 N–H and O–H groups in total. The monoisotopic (exact) mass is 594 g/mol. The lowest BCUT2D eigenvalue weighted by Gasteiger charge is -2.19. The van der Waals surface area contributed by atoms with Crippen molar-refractivity contribution in [3.8, 4) is 16.9 Å². The van der Waals surface area contributed by atoms with Crippen molar-refractivity contribution in [2.45, 2.75) is 51.6 Å². The molecule has 2 aromatic carbocycles. The van der Waals surface area contributed by atoms with Gasteiger partial charge in [0, 0.05) is 42.3 Å². The van der Waals surface area contributed by atoms with Crippen molar-refractivity contribution < 1.29 is 4.39 Å². The smallest absolute Gasteiger partial charge is 0.354 e. The fourth-order valence-electron chi connectivity index (χ4n) is 4.93. The van der Waals surface area contributed by atoms with Crippen molar-refractivity contribution in [3.05, 3.63) is 81.1 Å². The molecule has 4 rings (SSSR count). The van der Waals surface area contributed by atoms with Crippen molar-refractivity contribution in [2.24, 2.45) is 16.5 Å². The Morgan fingerprint density at radius 1 is 1.21 bits per heavy atom. The Morgan fingerprint density at radius 2 is 1.98 bits per heavy atom. The maximum absolute atomic E-state index is 15.1. The van der Waals surface area contributed by atoms with E-state index in [0.717, 1.165) is 49.9 Å². The molecular formula is C31H40ClFN8O. The number of hydrogen-bond acceptors (Lipinski definition) is 6. The second kappa shape index (κ2) is 14.6. The van der Waals surface area contributed by atoms with Crippen LogP contribution >= 0.6 is 11.6 Å². The molecule has 0 aliphatic heterocycles. The van der Waals surface area contributed by atoms with Gasteiger partial charge < -0.3 is 27.1 Å². The fraction of sp³-hybridized carbons (Fsp3) is 0.387. The summed E-state index contributed by atoms with van der Waals surface area (Å²) in [4.78, 5) is 24.6. The van der Waals surface area contributed by atoms with Crippen molar-refractivity contribution in [1.82, 2.24) is 25.2 Å². The molecular weight excluding hydrogens is 555 g/mol. The summed E-state index contributed by atoms with van der Waals surface area (Å²) in [5.74, 6) is 0.0719. The molecule has 2 atom stereocenters. The first kappa shape index (κ1) is 31.4. The first-order valence-electron chi connectivity index (χ1n) is 14.3. The van der Waals surface area contributed by atoms with E-state index in [4.69, 9.17) is 23.1 Å². The number of aromatic amines is 1. The summed E-state index contributed by atoms with van der Waals surface area (Å²) in [6.45, 7) is 5.97. The molecule has 2 unspecified atom stereocenters. The number of H-pyrrole nitrogens is 1. The summed E-state index contributed by atoms with van der Waals surface area (Å²) < 4.78 is 16.6. The maximum atomic E-state index is 15.1. The van der Waals surface area contributed by atoms with E-state index >= 15 is 4.39 Å². The predicted molar refractivity (Wildman–Crippen MR) is 170 cm³/mol. The number of nitrogens with two attached hydrogens (primary N) is 2. The van der Waals surface area contributed by atoms with Gasteiger partial charge in [0.25, 0.3) is 0 Å². The van der Waals surface area contributed by atoms with Crippen molar-refractivity contribution in [3.63, 3.8) is 0 Å². The molecule has 0 aliphatic rings. The highest BCUT2D eigenvalue weighted by Gasteiger charge is 2.16. The fourth-order valence-corrected chi connectivity index (χ4v) is 5.17. The van der Waals surface area contributed by atoms with Crippen LogP contribution in [0.2, 0.25) is 5.02 Å². The summed E-state index contributed by atoms with van der Waals surface area (Å²) in [5, 5.41) is 7.50. The van der Waals surface area contributed by atoms with Gasteiger partial charge in [-0.25, -0.2) is 9.18 Å². The summed E-state index contributed by atoms with van der Waals surface area (Å²) in [7, 11) is 1.91. The highest BCUT2D eigenvalue weighted by Crippen LogP contribution is 2.31. The number of aromatic nitrogens is 3. The van der Waals surface area contributed by atoms with Gasteiger partial charge in [0.2, 0.25) is 0 Å². The predicted octanol–water partition coefficient (Wildman–Crippen LogP) is 4.46. The average Bonchev–Trinajstić information content (AvgIpc) is 3.36. The van der Waals surface area contributed by atoms with E-state index < -0.39 is 11.5 Å². The Bertz CT molecular complexity index is 1570. The third-order valence-electron chi connectivity index (χ3n) is 7.08. The molecule has 224 valence electrons. The molecule has 2 heterocycles. The lowest BCUT2D eigenvalue weighted by molar-refractivity contribution is 0.504. The van der Waals surface area contributed by atoms with Gasteiger partial charge in [0.05, 0.1) is 22.2 Å². The van der Waals surface area contributed by atoms with Gasteiger partial charge in [-0.2, -0.15) is 4.98 Å². The van der Waals surface area contributed by atoms with Crippen LogP contribution in [0, 0.1) is 5.82 Å². The molecule has 0 spiro atoms. The van der Waals surface area contributed by atoms with Crippen molar-refractivity contribution >= 4 is 28.5 Å². The molecule has 2 aromatic heterocycles. The Labute approximate surface area is 250 Å². The van der Waals surface area contributed by atoms with Crippen LogP contribution in [-0.2, 0) is 6.42 Å². The van der Waals surface area contributed by atoms with Crippen LogP contribution in [0.25, 0.3) is 28.0 Å². The van der Waals surface area contributed by atoms with Crippen LogP contribution in [0.15, 0.2) is 58.4 Å². The van der Waals surface area contributed by atoms with Gasteiger partial charge in [-0.15, -0.1) is 0 Å². The number of rotatable bonds is 14. The van der Waals surface area contributed by atoms with Crippen molar-refractivity contribution in [2.75, 3.05) is 26.7 Å². The largest absolute Gasteiger partial charge is 0.388 e. The van der Waals surface area contributed by atoms with Gasteiger partial charge >= 0.3 is 5.69 Å². The number of nitrogens with zero attached hydrogens (tertiary/aromatic N) is 3. The molecule has 9 nitrogen and oxygen atoms in total. The van der Waals surface area contributed by atoms with E-state index in [1.54, 1.807) is 31.3 Å². The highest BCUT2D eigenvalue weighted by atomic mass is 35.5. The topological polar surface area (TPSA) is 139 Å². The van der Waals surface area contributed by atoms with Crippen LogP contribution in [0.4, 0.5) is 4.39 Å². The number of fused-ring (bicyclic) bond motifs is 1. The van der Waals surface area contributed by atoms with Gasteiger partial charge in [0.1, 0.15) is 5.65 Å². The molecule has 0 saturated heterocycles. The standard InChI is InChI=1S/C31H40ClFN8O/c1-19(34)6-4-7-21-14-25(29(33)26(32)15-21)27-16-23-18-41(31(42)40-30(23)39-27)24-10-8-22(9-11-24)28(17-36-3)38-13-5-12-37-20(2)35/h8-11,14-16,18-19,28,36,38H,4-7,12-13,17,34H2,1-3H3,(H2,35,37)(H,39,40,42). The molecule has 11 heteroatoms. The zero-order valence-electron chi connectivity index (χ0n) is 24.4. The number of likely N-dealkylation sites (N-methyl/N-ethyl adjacent to an activating group) is 1. The molecule has 0 bridgehead atoms. The number of nitrogens with one attached hydrogen (secondary N) is 3. The minimum atomic E-state index is -0.517. The number of amidine groups is 1. The molecule has 0 radical (unpaired) electrons. The Kier molecular flexibility index (Phi) is 10.9. The van der Waals surface area contributed by atoms with E-state index in [9.17, 15) is 4.79 Å². The summed E-state index contributed by atoms with van der Waals surface area (Å²) >= 11 is 6.25. The molecule has 0 aliphatic carbocycles. The quantitative estimate of drug-likeness (QED) is 0.0830. The Hall–Kier alpha value is -3.57. The zero-order chi connectivity index (χ0) is 30.2. The van der Waals surface area contributed by atoms with Crippen LogP contribution < -0.4 is 27.8 Å². The number of aliphatic imine (C=N–C) groups is 1. The Balaban J connectivity index is 1.56. The summed E-state index contributed by atoms with van der Waals surface area (Å²) in [6.07, 6.45) is 5.07. The van der Waals surface area contributed by atoms with Crippen LogP contribution in [-0.4, -0.2) is 53.1 Å². The normalized spacial score (nSPS) is 13.5. The third kappa shape index (κ3) is 8.04. The van der Waals surface area contributed by atoms with Gasteiger partial charge in [-0.05, 0) is 94.6 Å². The third-order valence-corrected chi connectivity index (χ3v) is 7.35. The van der Waals surface area contributed by atoms with Gasteiger partial charge in [-0.3, -0.25) is 9.56 Å². The zero-order valence-corrected chi connectivity index (χ0v) is 25.1. The minimum absolute atomic E-state index is 0.0554. The van der Waals surface area contributed by atoms with E-state index in [2.05, 4.69) is 25.6 Å². The molecule has 42 heavy (non-hydrogen) atoms. The SMILES string of the molecule is CNCC(NCCCN=C(C)N)c1ccc(-n2cc3cc(-c4cc(CCCC(C)N)cc(Cl)c4F)[nH]c3nc2=O)cc1. The average molecular weight is 595 g/mol. The molecule has 0 amide bonds. The van der Waals surface area contributed by atoms with E-state index in [1.807, 2.05) is 38.2 Å². The molecule has 0 saturated carbocycles. The molecule has 4 aromatic rings. The van der Waals surface area contributed by atoms with Crippen LogP contribution in [0.1, 0.15) is 50.3 Å². The number of hydrogen-bond donors (Lipinski definition) is 5. The second-order valence-electron chi connectivity index (χ2n) is 10.7.